The van der Waals surface area contributed by atoms with Crippen molar-refractivity contribution < 1.29 is 37.7 Å². The second-order valence-corrected chi connectivity index (χ2v) is 3.51. The van der Waals surface area contributed by atoms with Gasteiger partial charge >= 0.3 is 12.1 Å². The van der Waals surface area contributed by atoms with Crippen molar-refractivity contribution >= 4 is 5.91 Å². The second kappa shape index (κ2) is 5.17. The SMILES string of the molecule is CO[C@@H]1O[C@@H](O)[C@@H](NC(=O)C(F)(F)F)C[C@@H]1O. The molecule has 1 heterocycles. The van der Waals surface area contributed by atoms with E-state index in [4.69, 9.17) is 0 Å². The molecule has 0 aliphatic carbocycles. The van der Waals surface area contributed by atoms with E-state index in [1.807, 2.05) is 0 Å². The summed E-state index contributed by atoms with van der Waals surface area (Å²) in [6.07, 6.45) is -9.40. The van der Waals surface area contributed by atoms with Crippen molar-refractivity contribution in [3.05, 3.63) is 0 Å². The molecule has 0 bridgehead atoms. The molecule has 17 heavy (non-hydrogen) atoms. The van der Waals surface area contributed by atoms with Crippen LogP contribution in [0.2, 0.25) is 0 Å². The minimum Gasteiger partial charge on any atom is -0.388 e. The molecule has 1 aliphatic heterocycles. The molecule has 1 fully saturated rings. The number of hydrogen-bond acceptors (Lipinski definition) is 5. The van der Waals surface area contributed by atoms with Crippen molar-refractivity contribution in [1.82, 2.24) is 5.32 Å². The number of carbonyl (C=O) groups is 1. The molecule has 1 amide bonds. The van der Waals surface area contributed by atoms with Gasteiger partial charge in [0.15, 0.2) is 12.6 Å². The summed E-state index contributed by atoms with van der Waals surface area (Å²) in [7, 11) is 1.20. The van der Waals surface area contributed by atoms with E-state index in [0.29, 0.717) is 0 Å². The van der Waals surface area contributed by atoms with Gasteiger partial charge in [-0.2, -0.15) is 13.2 Å². The lowest BCUT2D eigenvalue weighted by atomic mass is 10.1. The van der Waals surface area contributed by atoms with Crippen LogP contribution in [0.1, 0.15) is 6.42 Å². The highest BCUT2D eigenvalue weighted by atomic mass is 19.4. The van der Waals surface area contributed by atoms with Crippen molar-refractivity contribution in [3.8, 4) is 0 Å². The summed E-state index contributed by atoms with van der Waals surface area (Å²) in [5, 5.41) is 20.2. The van der Waals surface area contributed by atoms with Crippen molar-refractivity contribution in [3.63, 3.8) is 0 Å². The number of alkyl halides is 3. The Morgan fingerprint density at radius 2 is 2.06 bits per heavy atom. The molecule has 0 aromatic rings. The molecule has 100 valence electrons. The first-order valence-electron chi connectivity index (χ1n) is 4.67. The maximum atomic E-state index is 11.9. The normalized spacial score (nSPS) is 34.5. The molecule has 9 heteroatoms. The molecular weight excluding hydrogens is 247 g/mol. The maximum absolute atomic E-state index is 11.9. The number of ether oxygens (including phenoxy) is 2. The highest BCUT2D eigenvalue weighted by Crippen LogP contribution is 2.21. The van der Waals surface area contributed by atoms with Gasteiger partial charge in [0.2, 0.25) is 0 Å². The maximum Gasteiger partial charge on any atom is 0.471 e. The molecule has 1 rings (SSSR count). The van der Waals surface area contributed by atoms with Gasteiger partial charge in [-0.1, -0.05) is 0 Å². The van der Waals surface area contributed by atoms with Crippen LogP contribution < -0.4 is 5.32 Å². The smallest absolute Gasteiger partial charge is 0.388 e. The Labute approximate surface area is 94.3 Å². The third-order valence-corrected chi connectivity index (χ3v) is 2.23. The van der Waals surface area contributed by atoms with Crippen LogP contribution in [0.3, 0.4) is 0 Å². The first-order valence-corrected chi connectivity index (χ1v) is 4.67. The van der Waals surface area contributed by atoms with Gasteiger partial charge in [0.1, 0.15) is 6.10 Å². The fourth-order valence-corrected chi connectivity index (χ4v) is 1.40. The largest absolute Gasteiger partial charge is 0.471 e. The molecule has 1 aliphatic rings. The minimum absolute atomic E-state index is 0.304. The summed E-state index contributed by atoms with van der Waals surface area (Å²) in [5.41, 5.74) is 0. The molecular formula is C8H12F3NO5. The number of carbonyl (C=O) groups excluding carboxylic acids is 1. The summed E-state index contributed by atoms with van der Waals surface area (Å²) >= 11 is 0. The minimum atomic E-state index is -5.05. The number of nitrogens with one attached hydrogen (secondary N) is 1. The van der Waals surface area contributed by atoms with Crippen molar-refractivity contribution in [2.45, 2.75) is 37.3 Å². The number of amides is 1. The molecule has 0 unspecified atom stereocenters. The quantitative estimate of drug-likeness (QED) is 0.598. The fraction of sp³-hybridized carbons (Fsp3) is 0.875. The molecule has 0 spiro atoms. The van der Waals surface area contributed by atoms with Crippen LogP contribution in [0.25, 0.3) is 0 Å². The predicted molar refractivity (Wildman–Crippen MR) is 46.5 cm³/mol. The highest BCUT2D eigenvalue weighted by molar-refractivity contribution is 5.81. The number of hydrogen-bond donors (Lipinski definition) is 3. The van der Waals surface area contributed by atoms with E-state index in [-0.39, 0.29) is 6.42 Å². The lowest BCUT2D eigenvalue weighted by molar-refractivity contribution is -0.287. The molecule has 3 N–H and O–H groups in total. The zero-order valence-electron chi connectivity index (χ0n) is 8.77. The van der Waals surface area contributed by atoms with Crippen LogP contribution in [0.4, 0.5) is 13.2 Å². The van der Waals surface area contributed by atoms with Crippen LogP contribution in [0, 0.1) is 0 Å². The summed E-state index contributed by atoms with van der Waals surface area (Å²) in [6.45, 7) is 0. The Morgan fingerprint density at radius 1 is 1.47 bits per heavy atom. The van der Waals surface area contributed by atoms with E-state index >= 15 is 0 Å². The van der Waals surface area contributed by atoms with E-state index in [1.54, 1.807) is 0 Å². The monoisotopic (exact) mass is 259 g/mol. The zero-order valence-corrected chi connectivity index (χ0v) is 8.77. The molecule has 0 aromatic carbocycles. The van der Waals surface area contributed by atoms with Crippen LogP contribution >= 0.6 is 0 Å². The number of aliphatic hydroxyl groups is 2. The van der Waals surface area contributed by atoms with Gasteiger partial charge in [0, 0.05) is 13.5 Å². The first-order chi connectivity index (χ1) is 7.75. The van der Waals surface area contributed by atoms with Crippen molar-refractivity contribution in [2.24, 2.45) is 0 Å². The van der Waals surface area contributed by atoms with Gasteiger partial charge in [0.05, 0.1) is 6.04 Å². The topological polar surface area (TPSA) is 88.0 Å². The van der Waals surface area contributed by atoms with Gasteiger partial charge in [0.25, 0.3) is 0 Å². The Balaban J connectivity index is 2.59. The van der Waals surface area contributed by atoms with Crippen LogP contribution in [-0.2, 0) is 14.3 Å². The summed E-state index contributed by atoms with van der Waals surface area (Å²) in [4.78, 5) is 10.6. The zero-order chi connectivity index (χ0) is 13.2. The molecule has 1 saturated heterocycles. The van der Waals surface area contributed by atoms with Crippen molar-refractivity contribution in [1.29, 1.82) is 0 Å². The third kappa shape index (κ3) is 3.53. The lowest BCUT2D eigenvalue weighted by Crippen LogP contribution is -2.56. The Kier molecular flexibility index (Phi) is 4.31. The van der Waals surface area contributed by atoms with Gasteiger partial charge in [-0.25, -0.2) is 0 Å². The summed E-state index contributed by atoms with van der Waals surface area (Å²) in [6, 6.07) is -1.34. The molecule has 0 saturated carbocycles. The van der Waals surface area contributed by atoms with Gasteiger partial charge < -0.3 is 25.0 Å². The highest BCUT2D eigenvalue weighted by Gasteiger charge is 2.43. The number of halogens is 3. The summed E-state index contributed by atoms with van der Waals surface area (Å²) < 4.78 is 45.2. The fourth-order valence-electron chi connectivity index (χ4n) is 1.40. The van der Waals surface area contributed by atoms with Gasteiger partial charge in [-0.05, 0) is 0 Å². The van der Waals surface area contributed by atoms with Crippen molar-refractivity contribution in [2.75, 3.05) is 7.11 Å². The Bertz CT molecular complexity index is 285. The van der Waals surface area contributed by atoms with Crippen LogP contribution in [0.15, 0.2) is 0 Å². The first kappa shape index (κ1) is 14.2. The average Bonchev–Trinajstić information content (AvgIpc) is 2.21. The van der Waals surface area contributed by atoms with E-state index in [0.717, 1.165) is 0 Å². The Hall–Kier alpha value is -0.900. The van der Waals surface area contributed by atoms with E-state index < -0.39 is 36.8 Å². The van der Waals surface area contributed by atoms with E-state index in [9.17, 15) is 28.2 Å². The third-order valence-electron chi connectivity index (χ3n) is 2.23. The molecule has 6 nitrogen and oxygen atoms in total. The molecule has 0 aromatic heterocycles. The number of methoxy groups -OCH3 is 1. The number of aliphatic hydroxyl groups excluding tert-OH is 2. The van der Waals surface area contributed by atoms with Gasteiger partial charge in [-0.3, -0.25) is 4.79 Å². The summed E-state index contributed by atoms with van der Waals surface area (Å²) in [5.74, 6) is -2.20. The van der Waals surface area contributed by atoms with Crippen LogP contribution in [-0.4, -0.2) is 54.1 Å². The second-order valence-electron chi connectivity index (χ2n) is 3.51. The molecule has 4 atom stereocenters. The van der Waals surface area contributed by atoms with Gasteiger partial charge in [-0.15, -0.1) is 0 Å². The predicted octanol–water partition coefficient (Wildman–Crippen LogP) is -0.894. The lowest BCUT2D eigenvalue weighted by Gasteiger charge is -2.36. The molecule has 0 radical (unpaired) electrons. The standard InChI is InChI=1S/C8H12F3NO5/c1-16-6-4(13)2-3(5(14)17-6)12-7(15)8(9,10)11/h3-6,13-14H,2H2,1H3,(H,12,15)/t3-,4-,5+,6+/m0/s1. The van der Waals surface area contributed by atoms with Crippen LogP contribution in [0.5, 0.6) is 0 Å². The average molecular weight is 259 g/mol. The van der Waals surface area contributed by atoms with E-state index in [2.05, 4.69) is 9.47 Å². The Morgan fingerprint density at radius 3 is 2.53 bits per heavy atom. The number of rotatable bonds is 2. The van der Waals surface area contributed by atoms with E-state index in [1.165, 1.54) is 12.4 Å².